The molecule has 1 heterocycles. The fraction of sp³-hybridized carbons (Fsp3) is 0.875. The number of hydrogen-bond acceptors (Lipinski definition) is 2. The predicted molar refractivity (Wildman–Crippen MR) is 74.3 cm³/mol. The van der Waals surface area contributed by atoms with Crippen molar-refractivity contribution in [3.8, 4) is 0 Å². The molecule has 2 aliphatic rings. The van der Waals surface area contributed by atoms with E-state index in [1.54, 1.807) is 0 Å². The second-order valence-electron chi connectivity index (χ2n) is 5.92. The van der Waals surface area contributed by atoms with Gasteiger partial charge < -0.3 is 9.47 Å². The van der Waals surface area contributed by atoms with Gasteiger partial charge in [0.15, 0.2) is 6.29 Å². The normalized spacial score (nSPS) is 40.9. The average Bonchev–Trinajstić information content (AvgIpc) is 2.40. The van der Waals surface area contributed by atoms with Gasteiger partial charge in [-0.05, 0) is 31.6 Å². The SMILES string of the molecule is CCC[C@H]1O[C@@H]([C@@H]2CC=CC[C@@H]2C)OC[C@H]1CC. The Hall–Kier alpha value is -0.340. The van der Waals surface area contributed by atoms with E-state index < -0.39 is 0 Å². The summed E-state index contributed by atoms with van der Waals surface area (Å²) in [7, 11) is 0. The lowest BCUT2D eigenvalue weighted by molar-refractivity contribution is -0.264. The molecule has 0 N–H and O–H groups in total. The Morgan fingerprint density at radius 1 is 1.17 bits per heavy atom. The summed E-state index contributed by atoms with van der Waals surface area (Å²) in [5, 5.41) is 0. The highest BCUT2D eigenvalue weighted by atomic mass is 16.7. The molecule has 18 heavy (non-hydrogen) atoms. The van der Waals surface area contributed by atoms with Gasteiger partial charge in [-0.2, -0.15) is 0 Å². The van der Waals surface area contributed by atoms with E-state index in [1.165, 1.54) is 19.3 Å². The van der Waals surface area contributed by atoms with E-state index in [-0.39, 0.29) is 6.29 Å². The van der Waals surface area contributed by atoms with Crippen LogP contribution in [0.2, 0.25) is 0 Å². The molecule has 0 saturated carbocycles. The number of ether oxygens (including phenoxy) is 2. The molecule has 1 saturated heterocycles. The van der Waals surface area contributed by atoms with E-state index in [2.05, 4.69) is 32.9 Å². The van der Waals surface area contributed by atoms with Crippen molar-refractivity contribution in [3.63, 3.8) is 0 Å². The van der Waals surface area contributed by atoms with Crippen LogP contribution in [0.5, 0.6) is 0 Å². The Labute approximate surface area is 112 Å². The topological polar surface area (TPSA) is 18.5 Å². The first-order valence-corrected chi connectivity index (χ1v) is 7.68. The van der Waals surface area contributed by atoms with Crippen molar-refractivity contribution in [1.29, 1.82) is 0 Å². The molecule has 104 valence electrons. The van der Waals surface area contributed by atoms with Crippen LogP contribution in [0.1, 0.15) is 52.9 Å². The molecule has 1 aliphatic heterocycles. The number of allylic oxidation sites excluding steroid dienone is 2. The Balaban J connectivity index is 1.96. The maximum Gasteiger partial charge on any atom is 0.161 e. The standard InChI is InChI=1S/C16H28O2/c1-4-8-15-13(5-2)11-17-16(18-15)14-10-7-6-9-12(14)3/h6-7,12-16H,4-5,8-11H2,1-3H3/t12-,13+,14+,15+,16-/m0/s1. The van der Waals surface area contributed by atoms with E-state index in [4.69, 9.17) is 9.47 Å². The third kappa shape index (κ3) is 3.16. The van der Waals surface area contributed by atoms with Crippen molar-refractivity contribution in [1.82, 2.24) is 0 Å². The second kappa shape index (κ2) is 6.72. The number of rotatable bonds is 4. The molecule has 0 aromatic carbocycles. The van der Waals surface area contributed by atoms with Crippen LogP contribution < -0.4 is 0 Å². The van der Waals surface area contributed by atoms with Crippen LogP contribution in [0, 0.1) is 17.8 Å². The van der Waals surface area contributed by atoms with Gasteiger partial charge in [-0.1, -0.05) is 39.3 Å². The van der Waals surface area contributed by atoms with Crippen molar-refractivity contribution in [2.45, 2.75) is 65.3 Å². The monoisotopic (exact) mass is 252 g/mol. The summed E-state index contributed by atoms with van der Waals surface area (Å²) in [5.74, 6) is 1.82. The molecule has 0 unspecified atom stereocenters. The molecule has 5 atom stereocenters. The van der Waals surface area contributed by atoms with Gasteiger partial charge in [0, 0.05) is 11.8 Å². The Morgan fingerprint density at radius 3 is 2.61 bits per heavy atom. The largest absolute Gasteiger partial charge is 0.352 e. The van der Waals surface area contributed by atoms with Gasteiger partial charge in [-0.3, -0.25) is 0 Å². The highest BCUT2D eigenvalue weighted by Crippen LogP contribution is 2.35. The molecule has 2 nitrogen and oxygen atoms in total. The molecule has 2 rings (SSSR count). The average molecular weight is 252 g/mol. The minimum absolute atomic E-state index is 0.0318. The summed E-state index contributed by atoms with van der Waals surface area (Å²) < 4.78 is 12.3. The van der Waals surface area contributed by atoms with Crippen molar-refractivity contribution in [3.05, 3.63) is 12.2 Å². The predicted octanol–water partition coefficient (Wildman–Crippen LogP) is 4.16. The molecule has 0 aromatic rings. The molecule has 2 heteroatoms. The quantitative estimate of drug-likeness (QED) is 0.700. The first-order chi connectivity index (χ1) is 8.76. The zero-order valence-corrected chi connectivity index (χ0v) is 12.1. The van der Waals surface area contributed by atoms with Gasteiger partial charge in [0.2, 0.25) is 0 Å². The van der Waals surface area contributed by atoms with Crippen LogP contribution in [-0.4, -0.2) is 19.0 Å². The molecule has 0 aromatic heterocycles. The van der Waals surface area contributed by atoms with Crippen LogP contribution in [0.4, 0.5) is 0 Å². The zero-order chi connectivity index (χ0) is 13.0. The molecular formula is C16H28O2. The van der Waals surface area contributed by atoms with Crippen LogP contribution in [0.15, 0.2) is 12.2 Å². The molecule has 0 spiro atoms. The van der Waals surface area contributed by atoms with Gasteiger partial charge in [-0.25, -0.2) is 0 Å². The van der Waals surface area contributed by atoms with Gasteiger partial charge in [0.05, 0.1) is 12.7 Å². The summed E-state index contributed by atoms with van der Waals surface area (Å²) in [6, 6.07) is 0. The van der Waals surface area contributed by atoms with Crippen LogP contribution >= 0.6 is 0 Å². The molecule has 0 amide bonds. The fourth-order valence-electron chi connectivity index (χ4n) is 3.19. The minimum Gasteiger partial charge on any atom is -0.352 e. The minimum atomic E-state index is 0.0318. The van der Waals surface area contributed by atoms with Crippen molar-refractivity contribution < 1.29 is 9.47 Å². The smallest absolute Gasteiger partial charge is 0.161 e. The first kappa shape index (κ1) is 14.1. The van der Waals surface area contributed by atoms with E-state index in [1.807, 2.05) is 0 Å². The zero-order valence-electron chi connectivity index (χ0n) is 12.1. The van der Waals surface area contributed by atoms with Crippen molar-refractivity contribution >= 4 is 0 Å². The molecule has 0 bridgehead atoms. The molecule has 1 aliphatic carbocycles. The Kier molecular flexibility index (Phi) is 5.25. The van der Waals surface area contributed by atoms with Gasteiger partial charge >= 0.3 is 0 Å². The Bertz CT molecular complexity index is 274. The maximum atomic E-state index is 6.28. The summed E-state index contributed by atoms with van der Waals surface area (Å²) in [5.41, 5.74) is 0. The van der Waals surface area contributed by atoms with Crippen LogP contribution in [0.3, 0.4) is 0 Å². The van der Waals surface area contributed by atoms with E-state index in [0.29, 0.717) is 23.9 Å². The third-order valence-electron chi connectivity index (χ3n) is 4.57. The summed E-state index contributed by atoms with van der Waals surface area (Å²) >= 11 is 0. The summed E-state index contributed by atoms with van der Waals surface area (Å²) in [6.45, 7) is 7.69. The van der Waals surface area contributed by atoms with E-state index in [0.717, 1.165) is 19.4 Å². The van der Waals surface area contributed by atoms with E-state index >= 15 is 0 Å². The van der Waals surface area contributed by atoms with Crippen LogP contribution in [-0.2, 0) is 9.47 Å². The van der Waals surface area contributed by atoms with Gasteiger partial charge in [0.25, 0.3) is 0 Å². The van der Waals surface area contributed by atoms with Gasteiger partial charge in [0.1, 0.15) is 0 Å². The van der Waals surface area contributed by atoms with Crippen molar-refractivity contribution in [2.75, 3.05) is 6.61 Å². The van der Waals surface area contributed by atoms with Gasteiger partial charge in [-0.15, -0.1) is 0 Å². The lowest BCUT2D eigenvalue weighted by Crippen LogP contribution is -2.44. The van der Waals surface area contributed by atoms with E-state index in [9.17, 15) is 0 Å². The van der Waals surface area contributed by atoms with Crippen LogP contribution in [0.25, 0.3) is 0 Å². The summed E-state index contributed by atoms with van der Waals surface area (Å²) in [6.07, 6.45) is 10.9. The highest BCUT2D eigenvalue weighted by molar-refractivity contribution is 4.95. The Morgan fingerprint density at radius 2 is 1.94 bits per heavy atom. The highest BCUT2D eigenvalue weighted by Gasteiger charge is 2.36. The number of hydrogen-bond donors (Lipinski definition) is 0. The maximum absolute atomic E-state index is 6.28. The second-order valence-corrected chi connectivity index (χ2v) is 5.92. The molecular weight excluding hydrogens is 224 g/mol. The lowest BCUT2D eigenvalue weighted by Gasteiger charge is -2.41. The van der Waals surface area contributed by atoms with Crippen molar-refractivity contribution in [2.24, 2.45) is 17.8 Å². The molecule has 0 radical (unpaired) electrons. The third-order valence-corrected chi connectivity index (χ3v) is 4.57. The molecule has 1 fully saturated rings. The first-order valence-electron chi connectivity index (χ1n) is 7.68. The lowest BCUT2D eigenvalue weighted by atomic mass is 9.83. The summed E-state index contributed by atoms with van der Waals surface area (Å²) in [4.78, 5) is 0. The fourth-order valence-corrected chi connectivity index (χ4v) is 3.19.